The molecule has 1 aromatic rings. The maximum absolute atomic E-state index is 12.9. The van der Waals surface area contributed by atoms with Gasteiger partial charge in [0.2, 0.25) is 0 Å². The van der Waals surface area contributed by atoms with Crippen LogP contribution >= 0.6 is 0 Å². The molecule has 90 valence electrons. The molecule has 0 fully saturated rings. The molecule has 1 atom stereocenters. The SMILES string of the molecule is CC(C)(C)C(c1ccc(F)cc1)C(F)(F)F. The van der Waals surface area contributed by atoms with Gasteiger partial charge in [-0.2, -0.15) is 13.2 Å². The highest BCUT2D eigenvalue weighted by Gasteiger charge is 2.47. The molecular formula is C12H14F4. The van der Waals surface area contributed by atoms with Gasteiger partial charge in [0.05, 0.1) is 5.92 Å². The molecule has 0 saturated heterocycles. The first-order chi connectivity index (χ1) is 7.12. The summed E-state index contributed by atoms with van der Waals surface area (Å²) in [5, 5.41) is 0. The number of alkyl halides is 3. The summed E-state index contributed by atoms with van der Waals surface area (Å²) in [6.45, 7) is 4.57. The van der Waals surface area contributed by atoms with Gasteiger partial charge >= 0.3 is 6.18 Å². The van der Waals surface area contributed by atoms with Gasteiger partial charge in [-0.1, -0.05) is 32.9 Å². The highest BCUT2D eigenvalue weighted by molar-refractivity contribution is 5.23. The Balaban J connectivity index is 3.18. The summed E-state index contributed by atoms with van der Waals surface area (Å²) in [5.41, 5.74) is -0.850. The molecule has 0 aromatic heterocycles. The number of hydrogen-bond donors (Lipinski definition) is 0. The van der Waals surface area contributed by atoms with E-state index in [9.17, 15) is 17.6 Å². The van der Waals surface area contributed by atoms with E-state index >= 15 is 0 Å². The fourth-order valence-corrected chi connectivity index (χ4v) is 1.84. The van der Waals surface area contributed by atoms with Crippen LogP contribution in [0.5, 0.6) is 0 Å². The van der Waals surface area contributed by atoms with Crippen LogP contribution in [0.1, 0.15) is 32.3 Å². The van der Waals surface area contributed by atoms with E-state index < -0.39 is 23.3 Å². The van der Waals surface area contributed by atoms with Crippen LogP contribution in [0.25, 0.3) is 0 Å². The second kappa shape index (κ2) is 4.07. The molecular weight excluding hydrogens is 220 g/mol. The Morgan fingerprint density at radius 2 is 1.38 bits per heavy atom. The van der Waals surface area contributed by atoms with Crippen molar-refractivity contribution in [1.82, 2.24) is 0 Å². The molecule has 0 bridgehead atoms. The lowest BCUT2D eigenvalue weighted by Crippen LogP contribution is -2.32. The molecule has 0 nitrogen and oxygen atoms in total. The first kappa shape index (κ1) is 13.0. The highest BCUT2D eigenvalue weighted by Crippen LogP contribution is 2.46. The van der Waals surface area contributed by atoms with Crippen LogP contribution in [0.15, 0.2) is 24.3 Å². The summed E-state index contributed by atoms with van der Waals surface area (Å²) in [4.78, 5) is 0. The van der Waals surface area contributed by atoms with Crippen molar-refractivity contribution in [3.63, 3.8) is 0 Å². The largest absolute Gasteiger partial charge is 0.396 e. The quantitative estimate of drug-likeness (QED) is 0.627. The highest BCUT2D eigenvalue weighted by atomic mass is 19.4. The maximum atomic E-state index is 12.9. The van der Waals surface area contributed by atoms with Gasteiger partial charge in [-0.3, -0.25) is 0 Å². The van der Waals surface area contributed by atoms with E-state index in [2.05, 4.69) is 0 Å². The van der Waals surface area contributed by atoms with Crippen LogP contribution in [0, 0.1) is 11.2 Å². The van der Waals surface area contributed by atoms with Gasteiger partial charge in [0, 0.05) is 0 Å². The van der Waals surface area contributed by atoms with E-state index in [4.69, 9.17) is 0 Å². The third kappa shape index (κ3) is 2.97. The zero-order valence-electron chi connectivity index (χ0n) is 9.40. The lowest BCUT2D eigenvalue weighted by atomic mass is 9.76. The summed E-state index contributed by atoms with van der Waals surface area (Å²) in [6, 6.07) is 4.50. The average Bonchev–Trinajstić information content (AvgIpc) is 2.03. The average molecular weight is 234 g/mol. The van der Waals surface area contributed by atoms with Crippen molar-refractivity contribution in [2.45, 2.75) is 32.9 Å². The van der Waals surface area contributed by atoms with Gasteiger partial charge in [0.15, 0.2) is 0 Å². The van der Waals surface area contributed by atoms with Gasteiger partial charge in [0.1, 0.15) is 5.82 Å². The second-order valence-electron chi connectivity index (χ2n) is 4.89. The molecule has 16 heavy (non-hydrogen) atoms. The summed E-state index contributed by atoms with van der Waals surface area (Å²) in [6.07, 6.45) is -4.32. The summed E-state index contributed by atoms with van der Waals surface area (Å²) >= 11 is 0. The van der Waals surface area contributed by atoms with Crippen molar-refractivity contribution in [3.05, 3.63) is 35.6 Å². The Bertz CT molecular complexity index is 329. The molecule has 1 rings (SSSR count). The van der Waals surface area contributed by atoms with Gasteiger partial charge in [-0.05, 0) is 23.1 Å². The summed E-state index contributed by atoms with van der Waals surface area (Å²) < 4.78 is 51.4. The standard InChI is InChI=1S/C12H14F4/c1-11(2,3)10(12(14,15)16)8-4-6-9(13)7-5-8/h4-7,10H,1-3H3. The molecule has 0 heterocycles. The van der Waals surface area contributed by atoms with Gasteiger partial charge in [0.25, 0.3) is 0 Å². The topological polar surface area (TPSA) is 0 Å². The predicted octanol–water partition coefficient (Wildman–Crippen LogP) is 4.52. The smallest absolute Gasteiger partial charge is 0.207 e. The van der Waals surface area contributed by atoms with Crippen LogP contribution < -0.4 is 0 Å². The normalized spacial score (nSPS) is 14.9. The Morgan fingerprint density at radius 1 is 0.938 bits per heavy atom. The molecule has 4 heteroatoms. The van der Waals surface area contributed by atoms with Crippen molar-refractivity contribution in [2.75, 3.05) is 0 Å². The molecule has 0 aliphatic heterocycles. The van der Waals surface area contributed by atoms with Crippen LogP contribution in [0.3, 0.4) is 0 Å². The summed E-state index contributed by atoms with van der Waals surface area (Å²) in [7, 11) is 0. The third-order valence-electron chi connectivity index (χ3n) is 2.40. The van der Waals surface area contributed by atoms with Crippen molar-refractivity contribution >= 4 is 0 Å². The van der Waals surface area contributed by atoms with E-state index in [0.29, 0.717) is 0 Å². The number of benzene rings is 1. The van der Waals surface area contributed by atoms with E-state index in [0.717, 1.165) is 12.1 Å². The lowest BCUT2D eigenvalue weighted by molar-refractivity contribution is -0.171. The van der Waals surface area contributed by atoms with Gasteiger partial charge < -0.3 is 0 Å². The molecule has 0 saturated carbocycles. The van der Waals surface area contributed by atoms with Crippen LogP contribution in [-0.2, 0) is 0 Å². The van der Waals surface area contributed by atoms with Crippen molar-refractivity contribution in [2.24, 2.45) is 5.41 Å². The second-order valence-corrected chi connectivity index (χ2v) is 4.89. The number of hydrogen-bond acceptors (Lipinski definition) is 0. The summed E-state index contributed by atoms with van der Waals surface area (Å²) in [5.74, 6) is -2.11. The van der Waals surface area contributed by atoms with Crippen molar-refractivity contribution < 1.29 is 17.6 Å². The molecule has 0 N–H and O–H groups in total. The van der Waals surface area contributed by atoms with E-state index in [1.807, 2.05) is 0 Å². The first-order valence-corrected chi connectivity index (χ1v) is 4.94. The lowest BCUT2D eigenvalue weighted by Gasteiger charge is -2.32. The Kier molecular flexibility index (Phi) is 3.31. The molecule has 0 radical (unpaired) electrons. The molecule has 1 aromatic carbocycles. The Hall–Kier alpha value is -1.06. The Labute approximate surface area is 92.3 Å². The fraction of sp³-hybridized carbons (Fsp3) is 0.500. The molecule has 0 aliphatic carbocycles. The maximum Gasteiger partial charge on any atom is 0.396 e. The zero-order chi connectivity index (χ0) is 12.6. The molecule has 0 amide bonds. The zero-order valence-corrected chi connectivity index (χ0v) is 9.40. The third-order valence-corrected chi connectivity index (χ3v) is 2.40. The minimum absolute atomic E-state index is 0.0985. The molecule has 1 unspecified atom stereocenters. The predicted molar refractivity (Wildman–Crippen MR) is 54.7 cm³/mol. The first-order valence-electron chi connectivity index (χ1n) is 4.94. The van der Waals surface area contributed by atoms with Crippen LogP contribution in [0.2, 0.25) is 0 Å². The number of halogens is 4. The van der Waals surface area contributed by atoms with Crippen LogP contribution in [-0.4, -0.2) is 6.18 Å². The molecule has 0 spiro atoms. The van der Waals surface area contributed by atoms with Crippen molar-refractivity contribution in [3.8, 4) is 0 Å². The minimum Gasteiger partial charge on any atom is -0.207 e. The van der Waals surface area contributed by atoms with Crippen molar-refractivity contribution in [1.29, 1.82) is 0 Å². The molecule has 0 aliphatic rings. The van der Waals surface area contributed by atoms with E-state index in [1.165, 1.54) is 32.9 Å². The van der Waals surface area contributed by atoms with Crippen LogP contribution in [0.4, 0.5) is 17.6 Å². The van der Waals surface area contributed by atoms with E-state index in [1.54, 1.807) is 0 Å². The monoisotopic (exact) mass is 234 g/mol. The van der Waals surface area contributed by atoms with E-state index in [-0.39, 0.29) is 5.56 Å². The number of rotatable bonds is 1. The Morgan fingerprint density at radius 3 is 1.69 bits per heavy atom. The van der Waals surface area contributed by atoms with Gasteiger partial charge in [-0.15, -0.1) is 0 Å². The minimum atomic E-state index is -4.32. The van der Waals surface area contributed by atoms with Gasteiger partial charge in [-0.25, -0.2) is 4.39 Å². The fourth-order valence-electron chi connectivity index (χ4n) is 1.84.